The first-order valence-electron chi connectivity index (χ1n) is 7.10. The lowest BCUT2D eigenvalue weighted by Crippen LogP contribution is -2.27. The summed E-state index contributed by atoms with van der Waals surface area (Å²) in [7, 11) is 1.73. The highest BCUT2D eigenvalue weighted by molar-refractivity contribution is 9.10. The molecule has 8 heteroatoms. The van der Waals surface area contributed by atoms with Crippen molar-refractivity contribution in [3.8, 4) is 11.5 Å². The summed E-state index contributed by atoms with van der Waals surface area (Å²) in [6, 6.07) is 11.2. The second-order valence-corrected chi connectivity index (χ2v) is 6.84. The zero-order valence-corrected chi connectivity index (χ0v) is 15.2. The van der Waals surface area contributed by atoms with Crippen LogP contribution >= 0.6 is 27.7 Å². The molecule has 0 saturated carbocycles. The molecule has 1 aromatic carbocycles. The lowest BCUT2D eigenvalue weighted by atomic mass is 10.2. The van der Waals surface area contributed by atoms with E-state index in [1.54, 1.807) is 24.3 Å². The zero-order valence-electron chi connectivity index (χ0n) is 12.8. The number of benzene rings is 1. The molecular weight excluding hydrogens is 394 g/mol. The van der Waals surface area contributed by atoms with E-state index in [1.807, 2.05) is 30.3 Å². The van der Waals surface area contributed by atoms with Gasteiger partial charge in [0, 0.05) is 17.1 Å². The van der Waals surface area contributed by atoms with Gasteiger partial charge < -0.3 is 13.7 Å². The third-order valence-corrected chi connectivity index (χ3v) is 4.55. The molecule has 6 nitrogen and oxygen atoms in total. The highest BCUT2D eigenvalue weighted by Crippen LogP contribution is 2.24. The Hall–Kier alpha value is -2.06. The van der Waals surface area contributed by atoms with Crippen molar-refractivity contribution in [3.63, 3.8) is 0 Å². The van der Waals surface area contributed by atoms with Crippen molar-refractivity contribution < 1.29 is 13.6 Å². The fourth-order valence-corrected chi connectivity index (χ4v) is 2.90. The van der Waals surface area contributed by atoms with E-state index in [-0.39, 0.29) is 11.7 Å². The third kappa shape index (κ3) is 4.27. The molecule has 3 aromatic rings. The van der Waals surface area contributed by atoms with E-state index in [0.29, 0.717) is 17.7 Å². The van der Waals surface area contributed by atoms with Crippen molar-refractivity contribution in [2.45, 2.75) is 11.8 Å². The highest BCUT2D eigenvalue weighted by atomic mass is 79.9. The molecule has 0 aliphatic carbocycles. The molecule has 2 heterocycles. The number of hydrogen-bond donors (Lipinski definition) is 0. The van der Waals surface area contributed by atoms with Crippen LogP contribution < -0.4 is 0 Å². The average Bonchev–Trinajstić information content (AvgIpc) is 3.25. The second-order valence-electron chi connectivity index (χ2n) is 5.00. The van der Waals surface area contributed by atoms with Crippen LogP contribution in [0.1, 0.15) is 5.76 Å². The minimum absolute atomic E-state index is 0.0419. The molecule has 0 N–H and O–H groups in total. The molecule has 0 aliphatic heterocycles. The summed E-state index contributed by atoms with van der Waals surface area (Å²) in [5, 5.41) is 8.34. The topological polar surface area (TPSA) is 72.4 Å². The van der Waals surface area contributed by atoms with Crippen LogP contribution in [-0.2, 0) is 11.3 Å². The van der Waals surface area contributed by atoms with Crippen LogP contribution in [0.5, 0.6) is 0 Å². The van der Waals surface area contributed by atoms with Gasteiger partial charge in [-0.15, -0.1) is 10.2 Å². The number of nitrogens with zero attached hydrogens (tertiary/aromatic N) is 3. The summed E-state index contributed by atoms with van der Waals surface area (Å²) in [4.78, 5) is 13.7. The molecule has 1 amide bonds. The summed E-state index contributed by atoms with van der Waals surface area (Å²) >= 11 is 4.60. The maximum Gasteiger partial charge on any atom is 0.277 e. The lowest BCUT2D eigenvalue weighted by molar-refractivity contribution is -0.127. The van der Waals surface area contributed by atoms with Gasteiger partial charge in [-0.05, 0) is 36.4 Å². The molecule has 2 aromatic heterocycles. The number of halogens is 1. The van der Waals surface area contributed by atoms with Gasteiger partial charge in [0.05, 0.1) is 18.6 Å². The van der Waals surface area contributed by atoms with Crippen molar-refractivity contribution in [3.05, 3.63) is 52.9 Å². The molecule has 0 aliphatic rings. The van der Waals surface area contributed by atoms with Crippen LogP contribution in [0.3, 0.4) is 0 Å². The van der Waals surface area contributed by atoms with E-state index in [0.717, 1.165) is 15.8 Å². The van der Waals surface area contributed by atoms with Gasteiger partial charge in [0.15, 0.2) is 0 Å². The van der Waals surface area contributed by atoms with Crippen molar-refractivity contribution in [1.82, 2.24) is 15.1 Å². The van der Waals surface area contributed by atoms with Gasteiger partial charge >= 0.3 is 0 Å². The van der Waals surface area contributed by atoms with E-state index in [4.69, 9.17) is 8.83 Å². The molecule has 0 unspecified atom stereocenters. The predicted octanol–water partition coefficient (Wildman–Crippen LogP) is 3.84. The summed E-state index contributed by atoms with van der Waals surface area (Å²) in [5.74, 6) is 1.35. The summed E-state index contributed by atoms with van der Waals surface area (Å²) in [5.41, 5.74) is 0.832. The number of thioether (sulfide) groups is 1. The van der Waals surface area contributed by atoms with Gasteiger partial charge in [-0.2, -0.15) is 0 Å². The Morgan fingerprint density at radius 1 is 1.25 bits per heavy atom. The quantitative estimate of drug-likeness (QED) is 0.577. The second kappa shape index (κ2) is 7.67. The van der Waals surface area contributed by atoms with Gasteiger partial charge in [0.25, 0.3) is 5.22 Å². The van der Waals surface area contributed by atoms with Crippen molar-refractivity contribution >= 4 is 33.6 Å². The molecule has 124 valence electrons. The molecule has 24 heavy (non-hydrogen) atoms. The van der Waals surface area contributed by atoms with E-state index >= 15 is 0 Å². The molecule has 3 rings (SSSR count). The van der Waals surface area contributed by atoms with Gasteiger partial charge in [0.1, 0.15) is 5.76 Å². The normalized spacial score (nSPS) is 10.8. The summed E-state index contributed by atoms with van der Waals surface area (Å²) in [6.07, 6.45) is 1.59. The first kappa shape index (κ1) is 16.8. The molecule has 0 fully saturated rings. The van der Waals surface area contributed by atoms with E-state index in [2.05, 4.69) is 26.1 Å². The fraction of sp³-hybridized carbons (Fsp3) is 0.188. The number of hydrogen-bond acceptors (Lipinski definition) is 6. The van der Waals surface area contributed by atoms with Crippen LogP contribution in [0.2, 0.25) is 0 Å². The Morgan fingerprint density at radius 3 is 2.75 bits per heavy atom. The maximum atomic E-state index is 12.1. The number of furan rings is 1. The molecule has 0 bridgehead atoms. The Kier molecular flexibility index (Phi) is 5.37. The van der Waals surface area contributed by atoms with Crippen molar-refractivity contribution in [1.29, 1.82) is 0 Å². The van der Waals surface area contributed by atoms with E-state index in [9.17, 15) is 4.79 Å². The van der Waals surface area contributed by atoms with Crippen LogP contribution in [0.4, 0.5) is 0 Å². The molecule has 0 spiro atoms. The van der Waals surface area contributed by atoms with E-state index in [1.165, 1.54) is 11.8 Å². The number of carbonyl (C=O) groups is 1. The first-order valence-corrected chi connectivity index (χ1v) is 8.88. The molecule has 0 saturated heterocycles. The standard InChI is InChI=1S/C16H14BrN3O3S/c1-20(9-13-3-2-8-22-13)14(21)10-24-16-19-18-15(23-16)11-4-6-12(17)7-5-11/h2-8H,9-10H2,1H3. The third-order valence-electron chi connectivity index (χ3n) is 3.22. The Labute approximate surface area is 151 Å². The van der Waals surface area contributed by atoms with Crippen molar-refractivity contribution in [2.75, 3.05) is 12.8 Å². The van der Waals surface area contributed by atoms with Gasteiger partial charge in [-0.3, -0.25) is 4.79 Å². The van der Waals surface area contributed by atoms with Crippen molar-refractivity contribution in [2.24, 2.45) is 0 Å². The lowest BCUT2D eigenvalue weighted by Gasteiger charge is -2.14. The Bertz CT molecular complexity index is 802. The molecule has 0 radical (unpaired) electrons. The smallest absolute Gasteiger partial charge is 0.277 e. The minimum Gasteiger partial charge on any atom is -0.467 e. The average molecular weight is 408 g/mol. The number of rotatable bonds is 6. The predicted molar refractivity (Wildman–Crippen MR) is 93.3 cm³/mol. The Balaban J connectivity index is 1.55. The first-order chi connectivity index (χ1) is 11.6. The minimum atomic E-state index is -0.0419. The zero-order chi connectivity index (χ0) is 16.9. The summed E-state index contributed by atoms with van der Waals surface area (Å²) < 4.78 is 11.8. The Morgan fingerprint density at radius 2 is 2.04 bits per heavy atom. The number of aromatic nitrogens is 2. The number of carbonyl (C=O) groups excluding carboxylic acids is 1. The van der Waals surface area contributed by atoms with Crippen LogP contribution in [-0.4, -0.2) is 33.8 Å². The fourth-order valence-electron chi connectivity index (χ4n) is 1.94. The maximum absolute atomic E-state index is 12.1. The molecular formula is C16H14BrN3O3S. The molecule has 0 atom stereocenters. The van der Waals surface area contributed by atoms with Crippen LogP contribution in [0, 0.1) is 0 Å². The van der Waals surface area contributed by atoms with Crippen LogP contribution in [0.25, 0.3) is 11.5 Å². The monoisotopic (exact) mass is 407 g/mol. The summed E-state index contributed by atoms with van der Waals surface area (Å²) in [6.45, 7) is 0.431. The van der Waals surface area contributed by atoms with Gasteiger partial charge in [-0.1, -0.05) is 27.7 Å². The highest BCUT2D eigenvalue weighted by Gasteiger charge is 2.14. The number of amides is 1. The largest absolute Gasteiger partial charge is 0.467 e. The van der Waals surface area contributed by atoms with Gasteiger partial charge in [-0.25, -0.2) is 0 Å². The van der Waals surface area contributed by atoms with Crippen LogP contribution in [0.15, 0.2) is 61.2 Å². The SMILES string of the molecule is CN(Cc1ccco1)C(=O)CSc1nnc(-c2ccc(Br)cc2)o1. The van der Waals surface area contributed by atoms with E-state index < -0.39 is 0 Å². The van der Waals surface area contributed by atoms with Gasteiger partial charge in [0.2, 0.25) is 11.8 Å².